The second kappa shape index (κ2) is 4.89. The van der Waals surface area contributed by atoms with Gasteiger partial charge in [0.15, 0.2) is 0 Å². The van der Waals surface area contributed by atoms with Gasteiger partial charge in [0.25, 0.3) is 0 Å². The molecule has 0 amide bonds. The lowest BCUT2D eigenvalue weighted by molar-refractivity contribution is 0.0331. The zero-order valence-corrected chi connectivity index (χ0v) is 8.89. The van der Waals surface area contributed by atoms with Crippen LogP contribution < -0.4 is 5.73 Å². The van der Waals surface area contributed by atoms with Crippen molar-refractivity contribution < 1.29 is 9.47 Å². The Morgan fingerprint density at radius 3 is 3.00 bits per heavy atom. The number of ether oxygens (including phenoxy) is 2. The van der Waals surface area contributed by atoms with Gasteiger partial charge in [0.2, 0.25) is 0 Å². The Labute approximate surface area is 87.8 Å². The molecule has 4 heteroatoms. The first-order valence-corrected chi connectivity index (χ1v) is 5.67. The molecule has 3 nitrogen and oxygen atoms in total. The van der Waals surface area contributed by atoms with E-state index in [-0.39, 0.29) is 0 Å². The number of nitrogens with two attached hydrogens (primary N) is 1. The molecule has 0 spiro atoms. The van der Waals surface area contributed by atoms with Gasteiger partial charge in [-0.25, -0.2) is 0 Å². The summed E-state index contributed by atoms with van der Waals surface area (Å²) >= 11 is 1.73. The third-order valence-electron chi connectivity index (χ3n) is 2.27. The SMILES string of the molecule is NCc1ccc(COC2CCOC2)s1. The first kappa shape index (κ1) is 10.1. The molecule has 1 aliphatic rings. The molecule has 0 saturated carbocycles. The molecule has 1 unspecified atom stereocenters. The molecule has 78 valence electrons. The summed E-state index contributed by atoms with van der Waals surface area (Å²) in [5, 5.41) is 0. The van der Waals surface area contributed by atoms with Crippen molar-refractivity contribution in [2.75, 3.05) is 13.2 Å². The average Bonchev–Trinajstić information content (AvgIpc) is 2.86. The van der Waals surface area contributed by atoms with Crippen LogP contribution >= 0.6 is 11.3 Å². The van der Waals surface area contributed by atoms with Gasteiger partial charge in [-0.1, -0.05) is 0 Å². The third kappa shape index (κ3) is 2.54. The molecule has 0 radical (unpaired) electrons. The second-order valence-corrected chi connectivity index (χ2v) is 4.62. The van der Waals surface area contributed by atoms with E-state index in [9.17, 15) is 0 Å². The minimum Gasteiger partial charge on any atom is -0.379 e. The number of hydrogen-bond acceptors (Lipinski definition) is 4. The zero-order chi connectivity index (χ0) is 9.80. The fourth-order valence-electron chi connectivity index (χ4n) is 1.45. The Morgan fingerprint density at radius 1 is 1.50 bits per heavy atom. The van der Waals surface area contributed by atoms with E-state index in [1.165, 1.54) is 9.75 Å². The summed E-state index contributed by atoms with van der Waals surface area (Å²) in [6.45, 7) is 2.90. The first-order valence-electron chi connectivity index (χ1n) is 4.85. The molecule has 1 atom stereocenters. The third-order valence-corrected chi connectivity index (χ3v) is 3.35. The van der Waals surface area contributed by atoms with Crippen LogP contribution in [0.2, 0.25) is 0 Å². The molecule has 0 aromatic carbocycles. The van der Waals surface area contributed by atoms with E-state index in [4.69, 9.17) is 15.2 Å². The van der Waals surface area contributed by atoms with Crippen LogP contribution in [0.25, 0.3) is 0 Å². The summed E-state index contributed by atoms with van der Waals surface area (Å²) in [5.74, 6) is 0. The van der Waals surface area contributed by atoms with Crippen LogP contribution in [0.3, 0.4) is 0 Å². The normalized spacial score (nSPS) is 21.6. The van der Waals surface area contributed by atoms with Gasteiger partial charge in [-0.3, -0.25) is 0 Å². The zero-order valence-electron chi connectivity index (χ0n) is 8.07. The highest BCUT2D eigenvalue weighted by Crippen LogP contribution is 2.18. The first-order chi connectivity index (χ1) is 6.88. The largest absolute Gasteiger partial charge is 0.379 e. The maximum absolute atomic E-state index is 5.69. The fourth-order valence-corrected chi connectivity index (χ4v) is 2.27. The van der Waals surface area contributed by atoms with Crippen molar-refractivity contribution in [3.05, 3.63) is 21.9 Å². The molecule has 1 aliphatic heterocycles. The van der Waals surface area contributed by atoms with E-state index in [2.05, 4.69) is 12.1 Å². The number of rotatable bonds is 4. The van der Waals surface area contributed by atoms with E-state index in [1.807, 2.05) is 0 Å². The molecule has 0 bridgehead atoms. The predicted molar refractivity (Wildman–Crippen MR) is 56.2 cm³/mol. The Balaban J connectivity index is 1.79. The highest BCUT2D eigenvalue weighted by atomic mass is 32.1. The van der Waals surface area contributed by atoms with Crippen molar-refractivity contribution in [2.45, 2.75) is 25.7 Å². The molecular formula is C10H15NO2S. The van der Waals surface area contributed by atoms with Crippen LogP contribution in [0, 0.1) is 0 Å². The maximum atomic E-state index is 5.69. The van der Waals surface area contributed by atoms with Crippen molar-refractivity contribution in [3.63, 3.8) is 0 Å². The van der Waals surface area contributed by atoms with E-state index in [0.717, 1.165) is 19.6 Å². The van der Waals surface area contributed by atoms with Crippen molar-refractivity contribution in [1.82, 2.24) is 0 Å². The van der Waals surface area contributed by atoms with Crippen molar-refractivity contribution in [2.24, 2.45) is 5.73 Å². The van der Waals surface area contributed by atoms with E-state index in [1.54, 1.807) is 11.3 Å². The fraction of sp³-hybridized carbons (Fsp3) is 0.600. The lowest BCUT2D eigenvalue weighted by Crippen LogP contribution is -2.11. The van der Waals surface area contributed by atoms with Crippen LogP contribution in [-0.4, -0.2) is 19.3 Å². The minimum absolute atomic E-state index is 0.290. The van der Waals surface area contributed by atoms with Crippen LogP contribution in [-0.2, 0) is 22.6 Å². The Bertz CT molecular complexity index is 281. The van der Waals surface area contributed by atoms with E-state index < -0.39 is 0 Å². The molecule has 1 fully saturated rings. The van der Waals surface area contributed by atoms with Gasteiger partial charge >= 0.3 is 0 Å². The molecule has 2 heterocycles. The standard InChI is InChI=1S/C10H15NO2S/c11-5-9-1-2-10(14-9)7-13-8-3-4-12-6-8/h1-2,8H,3-7,11H2. The van der Waals surface area contributed by atoms with Gasteiger partial charge in [-0.05, 0) is 18.6 Å². The molecule has 1 saturated heterocycles. The van der Waals surface area contributed by atoms with Gasteiger partial charge in [0, 0.05) is 22.9 Å². The van der Waals surface area contributed by atoms with Crippen LogP contribution in [0.4, 0.5) is 0 Å². The molecular weight excluding hydrogens is 198 g/mol. The summed E-state index contributed by atoms with van der Waals surface area (Å²) in [4.78, 5) is 2.46. The maximum Gasteiger partial charge on any atom is 0.0835 e. The average molecular weight is 213 g/mol. The van der Waals surface area contributed by atoms with Gasteiger partial charge < -0.3 is 15.2 Å². The smallest absolute Gasteiger partial charge is 0.0835 e. The number of thiophene rings is 1. The molecule has 0 aliphatic carbocycles. The molecule has 2 rings (SSSR count). The van der Waals surface area contributed by atoms with Crippen molar-refractivity contribution in [1.29, 1.82) is 0 Å². The predicted octanol–water partition coefficient (Wildman–Crippen LogP) is 1.51. The van der Waals surface area contributed by atoms with Crippen LogP contribution in [0.1, 0.15) is 16.2 Å². The molecule has 1 aromatic rings. The van der Waals surface area contributed by atoms with Crippen molar-refractivity contribution >= 4 is 11.3 Å². The van der Waals surface area contributed by atoms with Crippen molar-refractivity contribution in [3.8, 4) is 0 Å². The molecule has 14 heavy (non-hydrogen) atoms. The Morgan fingerprint density at radius 2 is 2.36 bits per heavy atom. The summed E-state index contributed by atoms with van der Waals surface area (Å²) in [5.41, 5.74) is 5.53. The molecule has 1 aromatic heterocycles. The van der Waals surface area contributed by atoms with Gasteiger partial charge in [0.05, 0.1) is 19.3 Å². The second-order valence-electron chi connectivity index (χ2n) is 3.37. The Kier molecular flexibility index (Phi) is 3.53. The Hall–Kier alpha value is -0.420. The molecule has 2 N–H and O–H groups in total. The van der Waals surface area contributed by atoms with Gasteiger partial charge in [-0.2, -0.15) is 0 Å². The van der Waals surface area contributed by atoms with Gasteiger partial charge in [-0.15, -0.1) is 11.3 Å². The highest BCUT2D eigenvalue weighted by molar-refractivity contribution is 7.11. The summed E-state index contributed by atoms with van der Waals surface area (Å²) in [7, 11) is 0. The summed E-state index contributed by atoms with van der Waals surface area (Å²) in [6.07, 6.45) is 1.31. The minimum atomic E-state index is 0.290. The van der Waals surface area contributed by atoms with Crippen LogP contribution in [0.5, 0.6) is 0 Å². The van der Waals surface area contributed by atoms with Gasteiger partial charge in [0.1, 0.15) is 0 Å². The number of hydrogen-bond donors (Lipinski definition) is 1. The quantitative estimate of drug-likeness (QED) is 0.824. The van der Waals surface area contributed by atoms with Crippen LogP contribution in [0.15, 0.2) is 12.1 Å². The lowest BCUT2D eigenvalue weighted by Gasteiger charge is -2.07. The lowest BCUT2D eigenvalue weighted by atomic mass is 10.3. The summed E-state index contributed by atoms with van der Waals surface area (Å²) in [6, 6.07) is 4.15. The topological polar surface area (TPSA) is 44.5 Å². The summed E-state index contributed by atoms with van der Waals surface area (Å²) < 4.78 is 10.9. The highest BCUT2D eigenvalue weighted by Gasteiger charge is 2.15. The van der Waals surface area contributed by atoms with E-state index >= 15 is 0 Å². The van der Waals surface area contributed by atoms with E-state index in [0.29, 0.717) is 19.3 Å². The monoisotopic (exact) mass is 213 g/mol.